The minimum atomic E-state index is -0.400. The molecule has 0 aliphatic carbocycles. The summed E-state index contributed by atoms with van der Waals surface area (Å²) in [6.07, 6.45) is 1.38. The maximum Gasteiger partial charge on any atom is 0.277 e. The zero-order valence-electron chi connectivity index (χ0n) is 13.8. The van der Waals surface area contributed by atoms with Crippen LogP contribution in [0.2, 0.25) is 5.02 Å². The molecule has 0 unspecified atom stereocenters. The number of rotatable bonds is 5. The minimum absolute atomic E-state index is 0.108. The van der Waals surface area contributed by atoms with Gasteiger partial charge in [0.05, 0.1) is 6.21 Å². The summed E-state index contributed by atoms with van der Waals surface area (Å²) in [6, 6.07) is 8.73. The lowest BCUT2D eigenvalue weighted by Crippen LogP contribution is -2.24. The van der Waals surface area contributed by atoms with E-state index < -0.39 is 5.91 Å². The van der Waals surface area contributed by atoms with Crippen molar-refractivity contribution in [2.75, 3.05) is 6.61 Å². The first kappa shape index (κ1) is 17.8. The third-order valence-electron chi connectivity index (χ3n) is 3.36. The van der Waals surface area contributed by atoms with Gasteiger partial charge in [0, 0.05) is 10.6 Å². The Kier molecular flexibility index (Phi) is 5.82. The first-order valence-electron chi connectivity index (χ1n) is 7.38. The van der Waals surface area contributed by atoms with Crippen LogP contribution in [0, 0.1) is 20.8 Å². The molecule has 6 heteroatoms. The lowest BCUT2D eigenvalue weighted by molar-refractivity contribution is -0.123. The Labute approximate surface area is 145 Å². The van der Waals surface area contributed by atoms with E-state index in [0.29, 0.717) is 16.3 Å². The quantitative estimate of drug-likeness (QED) is 0.643. The van der Waals surface area contributed by atoms with Crippen molar-refractivity contribution >= 4 is 23.7 Å². The largest absolute Gasteiger partial charge is 0.507 e. The SMILES string of the molecule is Cc1ccc(/C=N/NC(=O)COc2cc(C)c(Cl)c(C)c2)c(O)c1. The number of carbonyl (C=O) groups excluding carboxylic acids is 1. The second-order valence-electron chi connectivity index (χ2n) is 5.52. The predicted molar refractivity (Wildman–Crippen MR) is 95.0 cm³/mol. The third-order valence-corrected chi connectivity index (χ3v) is 3.95. The summed E-state index contributed by atoms with van der Waals surface area (Å²) in [4.78, 5) is 11.7. The Morgan fingerprint density at radius 1 is 1.25 bits per heavy atom. The standard InChI is InChI=1S/C18H19ClN2O3/c1-11-4-5-14(16(22)6-11)9-20-21-17(23)10-24-15-7-12(2)18(19)13(3)8-15/h4-9,22H,10H2,1-3H3,(H,21,23)/b20-9+. The van der Waals surface area contributed by atoms with Gasteiger partial charge in [-0.1, -0.05) is 17.7 Å². The molecule has 2 N–H and O–H groups in total. The van der Waals surface area contributed by atoms with Crippen molar-refractivity contribution in [3.05, 3.63) is 57.6 Å². The van der Waals surface area contributed by atoms with Crippen molar-refractivity contribution < 1.29 is 14.6 Å². The number of hydrazone groups is 1. The molecule has 0 spiro atoms. The van der Waals surface area contributed by atoms with Crippen LogP contribution in [-0.4, -0.2) is 23.8 Å². The summed E-state index contributed by atoms with van der Waals surface area (Å²) >= 11 is 6.09. The number of nitrogens with one attached hydrogen (secondary N) is 1. The number of ether oxygens (including phenoxy) is 1. The molecule has 2 rings (SSSR count). The van der Waals surface area contributed by atoms with Crippen molar-refractivity contribution in [2.24, 2.45) is 5.10 Å². The molecule has 0 radical (unpaired) electrons. The number of nitrogens with zero attached hydrogens (tertiary/aromatic N) is 1. The first-order chi connectivity index (χ1) is 11.4. The number of hydrogen-bond donors (Lipinski definition) is 2. The molecule has 0 bridgehead atoms. The summed E-state index contributed by atoms with van der Waals surface area (Å²) in [5.74, 6) is 0.282. The topological polar surface area (TPSA) is 70.9 Å². The Morgan fingerprint density at radius 3 is 2.54 bits per heavy atom. The molecule has 0 aliphatic heterocycles. The number of benzene rings is 2. The van der Waals surface area contributed by atoms with E-state index in [1.54, 1.807) is 24.3 Å². The molecule has 0 saturated carbocycles. The van der Waals surface area contributed by atoms with Crippen LogP contribution in [0.4, 0.5) is 0 Å². The van der Waals surface area contributed by atoms with Gasteiger partial charge in [-0.15, -0.1) is 0 Å². The lowest BCUT2D eigenvalue weighted by atomic mass is 10.1. The number of halogens is 1. The molecule has 0 atom stereocenters. The molecular weight excluding hydrogens is 328 g/mol. The van der Waals surface area contributed by atoms with E-state index in [-0.39, 0.29) is 12.4 Å². The van der Waals surface area contributed by atoms with Gasteiger partial charge >= 0.3 is 0 Å². The van der Waals surface area contributed by atoms with Gasteiger partial charge in [-0.25, -0.2) is 5.43 Å². The highest BCUT2D eigenvalue weighted by molar-refractivity contribution is 6.32. The molecule has 2 aromatic carbocycles. The summed E-state index contributed by atoms with van der Waals surface area (Å²) in [5.41, 5.74) is 5.59. The number of hydrogen-bond acceptors (Lipinski definition) is 4. The number of aromatic hydroxyl groups is 1. The fourth-order valence-electron chi connectivity index (χ4n) is 2.11. The first-order valence-corrected chi connectivity index (χ1v) is 7.75. The zero-order chi connectivity index (χ0) is 17.7. The van der Waals surface area contributed by atoms with Crippen LogP contribution in [0.1, 0.15) is 22.3 Å². The monoisotopic (exact) mass is 346 g/mol. The normalized spacial score (nSPS) is 10.8. The second kappa shape index (κ2) is 7.84. The van der Waals surface area contributed by atoms with E-state index in [0.717, 1.165) is 16.7 Å². The lowest BCUT2D eigenvalue weighted by Gasteiger charge is -2.09. The van der Waals surface area contributed by atoms with E-state index >= 15 is 0 Å². The van der Waals surface area contributed by atoms with Gasteiger partial charge in [0.15, 0.2) is 6.61 Å². The molecule has 0 fully saturated rings. The third kappa shape index (κ3) is 4.73. The molecule has 0 heterocycles. The van der Waals surface area contributed by atoms with Crippen LogP contribution < -0.4 is 10.2 Å². The smallest absolute Gasteiger partial charge is 0.277 e. The molecule has 126 valence electrons. The molecule has 0 saturated heterocycles. The highest BCUT2D eigenvalue weighted by Gasteiger charge is 2.06. The maximum absolute atomic E-state index is 11.7. The van der Waals surface area contributed by atoms with Crippen molar-refractivity contribution in [1.82, 2.24) is 5.43 Å². The molecule has 24 heavy (non-hydrogen) atoms. The summed E-state index contributed by atoms with van der Waals surface area (Å²) < 4.78 is 5.43. The average molecular weight is 347 g/mol. The Morgan fingerprint density at radius 2 is 1.92 bits per heavy atom. The molecule has 5 nitrogen and oxygen atoms in total. The van der Waals surface area contributed by atoms with E-state index in [9.17, 15) is 9.90 Å². The highest BCUT2D eigenvalue weighted by atomic mass is 35.5. The Hall–Kier alpha value is -2.53. The van der Waals surface area contributed by atoms with E-state index in [1.165, 1.54) is 6.21 Å². The number of phenolic OH excluding ortho intramolecular Hbond substituents is 1. The van der Waals surface area contributed by atoms with Gasteiger partial charge in [-0.2, -0.15) is 5.10 Å². The molecule has 1 amide bonds. The van der Waals surface area contributed by atoms with Crippen molar-refractivity contribution in [2.45, 2.75) is 20.8 Å². The molecule has 2 aromatic rings. The Bertz CT molecular complexity index is 765. The second-order valence-corrected chi connectivity index (χ2v) is 5.89. The Balaban J connectivity index is 1.88. The average Bonchev–Trinajstić information content (AvgIpc) is 2.52. The highest BCUT2D eigenvalue weighted by Crippen LogP contribution is 2.25. The predicted octanol–water partition coefficient (Wildman–Crippen LogP) is 3.50. The summed E-state index contributed by atoms with van der Waals surface area (Å²) in [5, 5.41) is 14.2. The van der Waals surface area contributed by atoms with E-state index in [1.807, 2.05) is 26.8 Å². The summed E-state index contributed by atoms with van der Waals surface area (Å²) in [7, 11) is 0. The number of carbonyl (C=O) groups is 1. The fraction of sp³-hybridized carbons (Fsp3) is 0.222. The van der Waals surface area contributed by atoms with E-state index in [2.05, 4.69) is 10.5 Å². The maximum atomic E-state index is 11.7. The number of amides is 1. The van der Waals surface area contributed by atoms with Gasteiger partial charge in [-0.05, 0) is 61.7 Å². The summed E-state index contributed by atoms with van der Waals surface area (Å²) in [6.45, 7) is 5.46. The fourth-order valence-corrected chi connectivity index (χ4v) is 2.22. The van der Waals surface area contributed by atoms with Crippen LogP contribution in [0.25, 0.3) is 0 Å². The van der Waals surface area contributed by atoms with Crippen LogP contribution in [-0.2, 0) is 4.79 Å². The van der Waals surface area contributed by atoms with Crippen LogP contribution in [0.5, 0.6) is 11.5 Å². The van der Waals surface area contributed by atoms with Crippen molar-refractivity contribution in [3.8, 4) is 11.5 Å². The number of aryl methyl sites for hydroxylation is 3. The van der Waals surface area contributed by atoms with Crippen LogP contribution in [0.3, 0.4) is 0 Å². The van der Waals surface area contributed by atoms with Crippen LogP contribution in [0.15, 0.2) is 35.4 Å². The molecule has 0 aliphatic rings. The number of phenols is 1. The van der Waals surface area contributed by atoms with Crippen molar-refractivity contribution in [1.29, 1.82) is 0 Å². The van der Waals surface area contributed by atoms with Gasteiger partial charge in [0.1, 0.15) is 11.5 Å². The van der Waals surface area contributed by atoms with Crippen molar-refractivity contribution in [3.63, 3.8) is 0 Å². The molecular formula is C18H19ClN2O3. The minimum Gasteiger partial charge on any atom is -0.507 e. The van der Waals surface area contributed by atoms with Gasteiger partial charge in [0.25, 0.3) is 5.91 Å². The van der Waals surface area contributed by atoms with Gasteiger partial charge in [-0.3, -0.25) is 4.79 Å². The molecule has 0 aromatic heterocycles. The van der Waals surface area contributed by atoms with E-state index in [4.69, 9.17) is 16.3 Å². The van der Waals surface area contributed by atoms with Gasteiger partial charge < -0.3 is 9.84 Å². The van der Waals surface area contributed by atoms with Gasteiger partial charge in [0.2, 0.25) is 0 Å². The van der Waals surface area contributed by atoms with Crippen LogP contribution >= 0.6 is 11.6 Å². The zero-order valence-corrected chi connectivity index (χ0v) is 14.5.